The van der Waals surface area contributed by atoms with E-state index in [2.05, 4.69) is 17.0 Å². The van der Waals surface area contributed by atoms with Gasteiger partial charge in [0.25, 0.3) is 0 Å². The van der Waals surface area contributed by atoms with Gasteiger partial charge in [-0.2, -0.15) is 0 Å². The van der Waals surface area contributed by atoms with Gasteiger partial charge in [0, 0.05) is 18.7 Å². The van der Waals surface area contributed by atoms with Crippen molar-refractivity contribution < 1.29 is 14.0 Å². The molecule has 1 fully saturated rings. The number of benzene rings is 2. The van der Waals surface area contributed by atoms with Gasteiger partial charge in [-0.15, -0.1) is 0 Å². The Bertz CT molecular complexity index is 889. The maximum atomic E-state index is 13.2. The number of phenols is 1. The molecule has 5 heteroatoms. The molecule has 25 heavy (non-hydrogen) atoms. The van der Waals surface area contributed by atoms with E-state index in [1.165, 1.54) is 25.0 Å². The fraction of sp³-hybridized carbons (Fsp3) is 0.350. The topological polar surface area (TPSA) is 49.5 Å². The first-order valence-electron chi connectivity index (χ1n) is 8.70. The molecule has 4 rings (SSSR count). The lowest BCUT2D eigenvalue weighted by molar-refractivity contribution is 0.175. The van der Waals surface area contributed by atoms with E-state index in [-0.39, 0.29) is 11.6 Å². The normalized spacial score (nSPS) is 18.7. The van der Waals surface area contributed by atoms with Gasteiger partial charge in [0.1, 0.15) is 17.3 Å². The average molecular weight is 340 g/mol. The van der Waals surface area contributed by atoms with Crippen LogP contribution >= 0.6 is 0 Å². The summed E-state index contributed by atoms with van der Waals surface area (Å²) in [5, 5.41) is 15.4. The third-order valence-corrected chi connectivity index (χ3v) is 4.96. The molecule has 1 saturated heterocycles. The molecule has 3 aromatic rings. The molecule has 0 radical (unpaired) electrons. The second-order valence-electron chi connectivity index (χ2n) is 6.96. The Hall–Kier alpha value is -2.40. The predicted octanol–water partition coefficient (Wildman–Crippen LogP) is 4.57. The summed E-state index contributed by atoms with van der Waals surface area (Å²) in [6, 6.07) is 9.69. The third kappa shape index (κ3) is 3.12. The highest BCUT2D eigenvalue weighted by atomic mass is 19.1. The zero-order valence-corrected chi connectivity index (χ0v) is 14.2. The van der Waals surface area contributed by atoms with E-state index in [0.717, 1.165) is 29.6 Å². The van der Waals surface area contributed by atoms with E-state index >= 15 is 0 Å². The number of aromatic hydroxyl groups is 1. The summed E-state index contributed by atoms with van der Waals surface area (Å²) in [5.41, 5.74) is 2.84. The molecule has 0 saturated carbocycles. The molecule has 0 spiro atoms. The van der Waals surface area contributed by atoms with Crippen LogP contribution in [0, 0.1) is 11.7 Å². The van der Waals surface area contributed by atoms with Crippen LogP contribution in [0.2, 0.25) is 0 Å². The summed E-state index contributed by atoms with van der Waals surface area (Å²) in [6.45, 7) is 4.95. The minimum atomic E-state index is -0.283. The van der Waals surface area contributed by atoms with Gasteiger partial charge in [-0.05, 0) is 61.7 Å². The molecular weight excluding hydrogens is 319 g/mol. The molecule has 0 amide bonds. The Kier molecular flexibility index (Phi) is 4.17. The molecule has 1 atom stereocenters. The van der Waals surface area contributed by atoms with E-state index in [1.807, 2.05) is 6.07 Å². The van der Waals surface area contributed by atoms with Crippen molar-refractivity contribution in [1.82, 2.24) is 10.1 Å². The summed E-state index contributed by atoms with van der Waals surface area (Å²) in [6.07, 6.45) is 2.43. The highest BCUT2D eigenvalue weighted by Crippen LogP contribution is 2.35. The maximum absolute atomic E-state index is 13.2. The number of halogens is 1. The Morgan fingerprint density at radius 1 is 1.24 bits per heavy atom. The summed E-state index contributed by atoms with van der Waals surface area (Å²) in [7, 11) is 0. The number of hydrogen-bond acceptors (Lipinski definition) is 4. The van der Waals surface area contributed by atoms with Crippen LogP contribution in [0.5, 0.6) is 5.75 Å². The number of rotatable bonds is 3. The Labute approximate surface area is 145 Å². The average Bonchev–Trinajstić information content (AvgIpc) is 3.02. The van der Waals surface area contributed by atoms with E-state index < -0.39 is 0 Å². The molecule has 4 nitrogen and oxygen atoms in total. The summed E-state index contributed by atoms with van der Waals surface area (Å²) in [4.78, 5) is 2.35. The monoisotopic (exact) mass is 340 g/mol. The molecule has 2 aromatic carbocycles. The molecular formula is C20H21FN2O2. The van der Waals surface area contributed by atoms with Crippen LogP contribution in [0.3, 0.4) is 0 Å². The lowest BCUT2D eigenvalue weighted by atomic mass is 9.99. The van der Waals surface area contributed by atoms with Crippen LogP contribution in [-0.2, 0) is 6.54 Å². The highest BCUT2D eigenvalue weighted by molar-refractivity contribution is 5.94. The molecule has 1 N–H and O–H groups in total. The van der Waals surface area contributed by atoms with Crippen molar-refractivity contribution in [2.45, 2.75) is 26.3 Å². The fourth-order valence-corrected chi connectivity index (χ4v) is 3.67. The van der Waals surface area contributed by atoms with Gasteiger partial charge in [0.2, 0.25) is 0 Å². The highest BCUT2D eigenvalue weighted by Gasteiger charge is 2.22. The number of piperidine rings is 1. The van der Waals surface area contributed by atoms with Gasteiger partial charge >= 0.3 is 0 Å². The first-order chi connectivity index (χ1) is 12.1. The van der Waals surface area contributed by atoms with Crippen LogP contribution in [0.1, 0.15) is 25.3 Å². The minimum absolute atomic E-state index is 0.229. The lowest BCUT2D eigenvalue weighted by Crippen LogP contribution is -2.33. The number of fused-ring (bicyclic) bond motifs is 1. The van der Waals surface area contributed by atoms with Crippen molar-refractivity contribution in [2.75, 3.05) is 13.1 Å². The molecule has 1 aromatic heterocycles. The minimum Gasteiger partial charge on any atom is -0.507 e. The quantitative estimate of drug-likeness (QED) is 0.759. The first kappa shape index (κ1) is 16.1. The predicted molar refractivity (Wildman–Crippen MR) is 94.7 cm³/mol. The smallest absolute Gasteiger partial charge is 0.175 e. The van der Waals surface area contributed by atoms with Crippen molar-refractivity contribution in [1.29, 1.82) is 0 Å². The van der Waals surface area contributed by atoms with Gasteiger partial charge in [-0.3, -0.25) is 4.90 Å². The number of phenolic OH excluding ortho intramolecular Hbond substituents is 1. The van der Waals surface area contributed by atoms with Crippen molar-refractivity contribution in [3.63, 3.8) is 0 Å². The van der Waals surface area contributed by atoms with Gasteiger partial charge in [0.05, 0.1) is 10.9 Å². The van der Waals surface area contributed by atoms with E-state index in [9.17, 15) is 9.50 Å². The van der Waals surface area contributed by atoms with Crippen molar-refractivity contribution in [2.24, 2.45) is 5.92 Å². The largest absolute Gasteiger partial charge is 0.507 e. The second kappa shape index (κ2) is 6.48. The molecule has 2 heterocycles. The second-order valence-corrected chi connectivity index (χ2v) is 6.96. The van der Waals surface area contributed by atoms with Gasteiger partial charge < -0.3 is 9.63 Å². The van der Waals surface area contributed by atoms with E-state index in [1.54, 1.807) is 18.2 Å². The summed E-state index contributed by atoms with van der Waals surface area (Å²) >= 11 is 0. The summed E-state index contributed by atoms with van der Waals surface area (Å²) < 4.78 is 18.8. The number of likely N-dealkylation sites (tertiary alicyclic amines) is 1. The SMILES string of the molecule is CC1CCCN(Cc2c(O)ccc3c(-c4ccc(F)cc4)noc23)C1. The maximum Gasteiger partial charge on any atom is 0.175 e. The Morgan fingerprint density at radius 3 is 2.80 bits per heavy atom. The number of aromatic nitrogens is 1. The van der Waals surface area contributed by atoms with Crippen LogP contribution < -0.4 is 0 Å². The van der Waals surface area contributed by atoms with Crippen LogP contribution in [-0.4, -0.2) is 28.3 Å². The van der Waals surface area contributed by atoms with Crippen molar-refractivity contribution >= 4 is 11.0 Å². The van der Waals surface area contributed by atoms with Gasteiger partial charge in [-0.1, -0.05) is 12.1 Å². The van der Waals surface area contributed by atoms with Crippen LogP contribution in [0.15, 0.2) is 40.9 Å². The van der Waals surface area contributed by atoms with Gasteiger partial charge in [0.15, 0.2) is 5.58 Å². The molecule has 130 valence electrons. The molecule has 0 bridgehead atoms. The zero-order valence-electron chi connectivity index (χ0n) is 14.2. The first-order valence-corrected chi connectivity index (χ1v) is 8.70. The molecule has 0 aliphatic carbocycles. The number of hydrogen-bond donors (Lipinski definition) is 1. The van der Waals surface area contributed by atoms with Gasteiger partial charge in [-0.25, -0.2) is 4.39 Å². The van der Waals surface area contributed by atoms with Crippen molar-refractivity contribution in [3.05, 3.63) is 47.8 Å². The zero-order chi connectivity index (χ0) is 17.4. The fourth-order valence-electron chi connectivity index (χ4n) is 3.67. The number of nitrogens with zero attached hydrogens (tertiary/aromatic N) is 2. The molecule has 1 unspecified atom stereocenters. The van der Waals surface area contributed by atoms with Crippen molar-refractivity contribution in [3.8, 4) is 17.0 Å². The Balaban J connectivity index is 1.72. The third-order valence-electron chi connectivity index (χ3n) is 4.96. The van der Waals surface area contributed by atoms with E-state index in [4.69, 9.17) is 4.52 Å². The molecule has 1 aliphatic rings. The Morgan fingerprint density at radius 2 is 2.04 bits per heavy atom. The van der Waals surface area contributed by atoms with Crippen LogP contribution in [0.4, 0.5) is 4.39 Å². The molecule has 1 aliphatic heterocycles. The van der Waals surface area contributed by atoms with Crippen LogP contribution in [0.25, 0.3) is 22.2 Å². The standard InChI is InChI=1S/C20H21FN2O2/c1-13-3-2-10-23(11-13)12-17-18(24)9-8-16-19(22-25-20(16)17)14-4-6-15(21)7-5-14/h4-9,13,24H,2-3,10-12H2,1H3. The van der Waals surface area contributed by atoms with E-state index in [0.29, 0.717) is 23.7 Å². The lowest BCUT2D eigenvalue weighted by Gasteiger charge is -2.30. The summed E-state index contributed by atoms with van der Waals surface area (Å²) in [5.74, 6) is 0.612.